The number of nitrogens with zero attached hydrogens (tertiary/aromatic N) is 1. The average molecular weight is 244 g/mol. The lowest BCUT2D eigenvalue weighted by Crippen LogP contribution is -2.01. The van der Waals surface area contributed by atoms with E-state index < -0.39 is 0 Å². The monoisotopic (exact) mass is 244 g/mol. The summed E-state index contributed by atoms with van der Waals surface area (Å²) in [7, 11) is 0. The molecule has 2 nitrogen and oxygen atoms in total. The van der Waals surface area contributed by atoms with Crippen molar-refractivity contribution < 1.29 is 4.39 Å². The number of nitrogens with two attached hydrogens (primary N) is 1. The molecule has 1 aromatic carbocycles. The molecule has 0 radical (unpaired) electrons. The predicted molar refractivity (Wildman–Crippen MR) is 72.1 cm³/mol. The average Bonchev–Trinajstić information content (AvgIpc) is 2.80. The Labute approximate surface area is 106 Å². The molecule has 18 heavy (non-hydrogen) atoms. The number of anilines is 1. The molecule has 0 spiro atoms. The first kappa shape index (κ1) is 11.5. The Balaban J connectivity index is 2.19. The third-order valence-electron chi connectivity index (χ3n) is 3.89. The normalized spacial score (nSPS) is 16.6. The van der Waals surface area contributed by atoms with Crippen LogP contribution in [0.3, 0.4) is 0 Å². The van der Waals surface area contributed by atoms with Crippen molar-refractivity contribution in [3.8, 4) is 0 Å². The standard InChI is InChI=1S/C15H17FN2/c1-9-6-11(16)7-14-15(9)12(17)8-13(18-14)10-4-2-3-5-10/h6-8,10H,2-5H2,1H3,(H2,17,18). The van der Waals surface area contributed by atoms with E-state index in [9.17, 15) is 4.39 Å². The Bertz CT molecular complexity index is 601. The van der Waals surface area contributed by atoms with Crippen molar-refractivity contribution in [2.45, 2.75) is 38.5 Å². The van der Waals surface area contributed by atoms with Crippen molar-refractivity contribution in [1.82, 2.24) is 4.98 Å². The minimum absolute atomic E-state index is 0.240. The number of nitrogen functional groups attached to an aromatic ring is 1. The fraction of sp³-hybridized carbons (Fsp3) is 0.400. The summed E-state index contributed by atoms with van der Waals surface area (Å²) in [6.45, 7) is 1.87. The van der Waals surface area contributed by atoms with Crippen LogP contribution < -0.4 is 5.73 Å². The Morgan fingerprint density at radius 3 is 2.67 bits per heavy atom. The van der Waals surface area contributed by atoms with Gasteiger partial charge in [0.05, 0.1) is 5.52 Å². The van der Waals surface area contributed by atoms with Crippen LogP contribution >= 0.6 is 0 Å². The van der Waals surface area contributed by atoms with Gasteiger partial charge in [0.1, 0.15) is 5.82 Å². The highest BCUT2D eigenvalue weighted by Crippen LogP contribution is 2.36. The smallest absolute Gasteiger partial charge is 0.125 e. The Morgan fingerprint density at radius 2 is 1.94 bits per heavy atom. The Kier molecular flexibility index (Phi) is 2.69. The van der Waals surface area contributed by atoms with Crippen molar-refractivity contribution in [3.05, 3.63) is 35.3 Å². The van der Waals surface area contributed by atoms with Crippen LogP contribution in [0.1, 0.15) is 42.9 Å². The highest BCUT2D eigenvalue weighted by molar-refractivity contribution is 5.93. The van der Waals surface area contributed by atoms with Crippen LogP contribution in [0.15, 0.2) is 18.2 Å². The molecule has 0 amide bonds. The number of rotatable bonds is 1. The number of halogens is 1. The minimum atomic E-state index is -0.240. The van der Waals surface area contributed by atoms with Gasteiger partial charge in [0, 0.05) is 28.8 Å². The Morgan fingerprint density at radius 1 is 1.22 bits per heavy atom. The molecule has 2 N–H and O–H groups in total. The second-order valence-corrected chi connectivity index (χ2v) is 5.23. The highest BCUT2D eigenvalue weighted by atomic mass is 19.1. The van der Waals surface area contributed by atoms with E-state index in [0.29, 0.717) is 11.4 Å². The first-order chi connectivity index (χ1) is 8.65. The summed E-state index contributed by atoms with van der Waals surface area (Å²) in [5, 5.41) is 0.887. The van der Waals surface area contributed by atoms with E-state index >= 15 is 0 Å². The summed E-state index contributed by atoms with van der Waals surface area (Å²) in [5.74, 6) is 0.260. The van der Waals surface area contributed by atoms with Gasteiger partial charge in [-0.25, -0.2) is 4.39 Å². The molecule has 3 rings (SSSR count). The van der Waals surface area contributed by atoms with E-state index in [1.807, 2.05) is 13.0 Å². The fourth-order valence-electron chi connectivity index (χ4n) is 3.02. The van der Waals surface area contributed by atoms with Gasteiger partial charge >= 0.3 is 0 Å². The number of aromatic nitrogens is 1. The summed E-state index contributed by atoms with van der Waals surface area (Å²) in [5.41, 5.74) is 9.41. The maximum Gasteiger partial charge on any atom is 0.125 e. The molecular weight excluding hydrogens is 227 g/mol. The van der Waals surface area contributed by atoms with Crippen molar-refractivity contribution in [2.24, 2.45) is 0 Å². The predicted octanol–water partition coefficient (Wildman–Crippen LogP) is 3.92. The number of hydrogen-bond donors (Lipinski definition) is 1. The molecule has 1 fully saturated rings. The summed E-state index contributed by atoms with van der Waals surface area (Å²) in [6, 6.07) is 4.97. The quantitative estimate of drug-likeness (QED) is 0.825. The first-order valence-corrected chi connectivity index (χ1v) is 6.51. The molecule has 0 saturated heterocycles. The molecular formula is C15H17FN2. The van der Waals surface area contributed by atoms with Crippen LogP contribution in [0, 0.1) is 12.7 Å². The van der Waals surface area contributed by atoms with Gasteiger partial charge in [-0.2, -0.15) is 0 Å². The van der Waals surface area contributed by atoms with Gasteiger partial charge in [-0.05, 0) is 37.5 Å². The SMILES string of the molecule is Cc1cc(F)cc2nc(C3CCCC3)cc(N)c12. The summed E-state index contributed by atoms with van der Waals surface area (Å²) < 4.78 is 13.5. The number of pyridine rings is 1. The zero-order valence-corrected chi connectivity index (χ0v) is 10.5. The van der Waals surface area contributed by atoms with Gasteiger partial charge in [0.25, 0.3) is 0 Å². The second-order valence-electron chi connectivity index (χ2n) is 5.23. The Hall–Kier alpha value is -1.64. The minimum Gasteiger partial charge on any atom is -0.398 e. The van der Waals surface area contributed by atoms with Crippen molar-refractivity contribution in [2.75, 3.05) is 5.73 Å². The number of hydrogen-bond acceptors (Lipinski definition) is 2. The topological polar surface area (TPSA) is 38.9 Å². The van der Waals surface area contributed by atoms with Crippen molar-refractivity contribution >= 4 is 16.6 Å². The molecule has 1 aliphatic carbocycles. The zero-order valence-electron chi connectivity index (χ0n) is 10.5. The van der Waals surface area contributed by atoms with Crippen LogP contribution in [-0.2, 0) is 0 Å². The van der Waals surface area contributed by atoms with Gasteiger partial charge in [-0.15, -0.1) is 0 Å². The van der Waals surface area contributed by atoms with Crippen LogP contribution in [-0.4, -0.2) is 4.98 Å². The number of fused-ring (bicyclic) bond motifs is 1. The molecule has 1 heterocycles. The van der Waals surface area contributed by atoms with E-state index in [0.717, 1.165) is 22.3 Å². The molecule has 0 atom stereocenters. The molecule has 1 saturated carbocycles. The molecule has 0 bridgehead atoms. The van der Waals surface area contributed by atoms with Gasteiger partial charge < -0.3 is 5.73 Å². The molecule has 1 aliphatic rings. The lowest BCUT2D eigenvalue weighted by atomic mass is 10.00. The number of aryl methyl sites for hydroxylation is 1. The molecule has 3 heteroatoms. The van der Waals surface area contributed by atoms with Crippen LogP contribution in [0.25, 0.3) is 10.9 Å². The van der Waals surface area contributed by atoms with Crippen molar-refractivity contribution in [1.29, 1.82) is 0 Å². The third kappa shape index (κ3) is 1.84. The maximum atomic E-state index is 13.5. The third-order valence-corrected chi connectivity index (χ3v) is 3.89. The molecule has 1 aromatic heterocycles. The van der Waals surface area contributed by atoms with Crippen LogP contribution in [0.2, 0.25) is 0 Å². The van der Waals surface area contributed by atoms with E-state index in [1.165, 1.54) is 37.8 Å². The summed E-state index contributed by atoms with van der Waals surface area (Å²) >= 11 is 0. The largest absolute Gasteiger partial charge is 0.398 e. The maximum absolute atomic E-state index is 13.5. The highest BCUT2D eigenvalue weighted by Gasteiger charge is 2.20. The zero-order chi connectivity index (χ0) is 12.7. The van der Waals surface area contributed by atoms with Gasteiger partial charge in [0.15, 0.2) is 0 Å². The molecule has 0 unspecified atom stereocenters. The van der Waals surface area contributed by atoms with E-state index in [1.54, 1.807) is 0 Å². The summed E-state index contributed by atoms with van der Waals surface area (Å²) in [4.78, 5) is 4.62. The second kappa shape index (κ2) is 4.23. The summed E-state index contributed by atoms with van der Waals surface area (Å²) in [6.07, 6.45) is 4.86. The number of benzene rings is 1. The molecule has 0 aliphatic heterocycles. The van der Waals surface area contributed by atoms with Crippen LogP contribution in [0.5, 0.6) is 0 Å². The lowest BCUT2D eigenvalue weighted by Gasteiger charge is -2.13. The van der Waals surface area contributed by atoms with E-state index in [2.05, 4.69) is 4.98 Å². The fourth-order valence-corrected chi connectivity index (χ4v) is 3.02. The first-order valence-electron chi connectivity index (χ1n) is 6.51. The van der Waals surface area contributed by atoms with Crippen molar-refractivity contribution in [3.63, 3.8) is 0 Å². The lowest BCUT2D eigenvalue weighted by molar-refractivity contribution is 0.628. The van der Waals surface area contributed by atoms with Gasteiger partial charge in [0.2, 0.25) is 0 Å². The molecule has 94 valence electrons. The molecule has 2 aromatic rings. The van der Waals surface area contributed by atoms with E-state index in [4.69, 9.17) is 5.73 Å². The van der Waals surface area contributed by atoms with E-state index in [-0.39, 0.29) is 5.82 Å². The van der Waals surface area contributed by atoms with Crippen LogP contribution in [0.4, 0.5) is 10.1 Å². The van der Waals surface area contributed by atoms with Gasteiger partial charge in [-0.1, -0.05) is 12.8 Å². The van der Waals surface area contributed by atoms with Gasteiger partial charge in [-0.3, -0.25) is 4.98 Å².